The number of nitrogens with one attached hydrogen (secondary N) is 1. The standard InChI is InChI=1S/C15H24N2O2/c1-15(2,3)12-10-13(17-19-12)16-14(18)9-11-7-5-4-6-8-11/h10-11H,4-9H2,1-3H3,(H,16,17,18). The zero-order valence-electron chi connectivity index (χ0n) is 12.2. The first kappa shape index (κ1) is 14.1. The van der Waals surface area contributed by atoms with Gasteiger partial charge in [0.1, 0.15) is 5.76 Å². The Morgan fingerprint density at radius 1 is 1.37 bits per heavy atom. The van der Waals surface area contributed by atoms with Gasteiger partial charge in [-0.15, -0.1) is 0 Å². The van der Waals surface area contributed by atoms with Crippen LogP contribution in [0.15, 0.2) is 10.6 Å². The fourth-order valence-corrected chi connectivity index (χ4v) is 2.53. The van der Waals surface area contributed by atoms with Gasteiger partial charge in [-0.05, 0) is 18.8 Å². The third kappa shape index (κ3) is 4.08. The molecule has 1 amide bonds. The monoisotopic (exact) mass is 264 g/mol. The molecule has 1 N–H and O–H groups in total. The Kier molecular flexibility index (Phi) is 4.27. The maximum Gasteiger partial charge on any atom is 0.225 e. The first-order chi connectivity index (χ1) is 8.95. The van der Waals surface area contributed by atoms with E-state index in [4.69, 9.17) is 4.52 Å². The molecular formula is C15H24N2O2. The normalized spacial score (nSPS) is 17.4. The molecule has 4 nitrogen and oxygen atoms in total. The highest BCUT2D eigenvalue weighted by atomic mass is 16.5. The zero-order valence-corrected chi connectivity index (χ0v) is 12.2. The molecule has 0 aliphatic heterocycles. The Hall–Kier alpha value is -1.32. The Morgan fingerprint density at radius 3 is 2.63 bits per heavy atom. The lowest BCUT2D eigenvalue weighted by Crippen LogP contribution is -2.18. The largest absolute Gasteiger partial charge is 0.359 e. The second-order valence-corrected chi connectivity index (χ2v) is 6.58. The average Bonchev–Trinajstić information content (AvgIpc) is 2.78. The van der Waals surface area contributed by atoms with Gasteiger partial charge < -0.3 is 9.84 Å². The molecule has 2 rings (SSSR count). The van der Waals surface area contributed by atoms with E-state index in [2.05, 4.69) is 31.2 Å². The van der Waals surface area contributed by atoms with E-state index in [1.54, 1.807) is 0 Å². The molecule has 4 heteroatoms. The molecule has 0 unspecified atom stereocenters. The van der Waals surface area contributed by atoms with E-state index in [-0.39, 0.29) is 11.3 Å². The van der Waals surface area contributed by atoms with Crippen molar-refractivity contribution in [3.8, 4) is 0 Å². The fourth-order valence-electron chi connectivity index (χ4n) is 2.53. The average molecular weight is 264 g/mol. The van der Waals surface area contributed by atoms with Gasteiger partial charge in [-0.3, -0.25) is 4.79 Å². The lowest BCUT2D eigenvalue weighted by molar-refractivity contribution is -0.117. The molecule has 106 valence electrons. The highest BCUT2D eigenvalue weighted by molar-refractivity contribution is 5.89. The summed E-state index contributed by atoms with van der Waals surface area (Å²) in [6.45, 7) is 6.17. The maximum absolute atomic E-state index is 11.9. The molecular weight excluding hydrogens is 240 g/mol. The minimum Gasteiger partial charge on any atom is -0.359 e. The van der Waals surface area contributed by atoms with Crippen molar-refractivity contribution < 1.29 is 9.32 Å². The lowest BCUT2D eigenvalue weighted by atomic mass is 9.87. The number of carbonyl (C=O) groups is 1. The summed E-state index contributed by atoms with van der Waals surface area (Å²) in [5.74, 6) is 1.93. The summed E-state index contributed by atoms with van der Waals surface area (Å²) < 4.78 is 5.26. The number of hydrogen-bond donors (Lipinski definition) is 1. The van der Waals surface area contributed by atoms with Crippen molar-refractivity contribution in [1.82, 2.24) is 5.16 Å². The molecule has 1 aliphatic rings. The number of rotatable bonds is 3. The van der Waals surface area contributed by atoms with Gasteiger partial charge in [0.2, 0.25) is 5.91 Å². The van der Waals surface area contributed by atoms with Gasteiger partial charge in [0.05, 0.1) is 0 Å². The first-order valence-electron chi connectivity index (χ1n) is 7.22. The quantitative estimate of drug-likeness (QED) is 0.901. The van der Waals surface area contributed by atoms with Crippen LogP contribution >= 0.6 is 0 Å². The summed E-state index contributed by atoms with van der Waals surface area (Å²) in [5.41, 5.74) is -0.0840. The van der Waals surface area contributed by atoms with Crippen molar-refractivity contribution in [1.29, 1.82) is 0 Å². The van der Waals surface area contributed by atoms with Crippen LogP contribution in [0.25, 0.3) is 0 Å². The van der Waals surface area contributed by atoms with E-state index in [0.717, 1.165) is 5.76 Å². The summed E-state index contributed by atoms with van der Waals surface area (Å²) in [6, 6.07) is 1.82. The van der Waals surface area contributed by atoms with Gasteiger partial charge in [0.15, 0.2) is 5.82 Å². The van der Waals surface area contributed by atoms with Gasteiger partial charge in [-0.1, -0.05) is 45.2 Å². The molecule has 0 radical (unpaired) electrons. The molecule has 1 aliphatic carbocycles. The van der Waals surface area contributed by atoms with Crippen LogP contribution in [0, 0.1) is 5.92 Å². The van der Waals surface area contributed by atoms with E-state index in [9.17, 15) is 4.79 Å². The molecule has 0 spiro atoms. The summed E-state index contributed by atoms with van der Waals surface area (Å²) in [6.07, 6.45) is 6.80. The highest BCUT2D eigenvalue weighted by Crippen LogP contribution is 2.27. The number of anilines is 1. The third-order valence-corrected chi connectivity index (χ3v) is 3.72. The fraction of sp³-hybridized carbons (Fsp3) is 0.733. The molecule has 1 saturated carbocycles. The predicted octanol–water partition coefficient (Wildman–Crippen LogP) is 3.88. The van der Waals surface area contributed by atoms with E-state index >= 15 is 0 Å². The van der Waals surface area contributed by atoms with E-state index in [1.165, 1.54) is 32.1 Å². The zero-order chi connectivity index (χ0) is 13.9. The van der Waals surface area contributed by atoms with E-state index in [0.29, 0.717) is 18.2 Å². The third-order valence-electron chi connectivity index (χ3n) is 3.72. The van der Waals surface area contributed by atoms with Gasteiger partial charge in [0, 0.05) is 17.9 Å². The Balaban J connectivity index is 1.86. The van der Waals surface area contributed by atoms with Crippen LogP contribution in [0.2, 0.25) is 0 Å². The van der Waals surface area contributed by atoms with Crippen molar-refractivity contribution in [3.63, 3.8) is 0 Å². The minimum atomic E-state index is -0.0840. The second kappa shape index (κ2) is 5.76. The molecule has 0 atom stereocenters. The molecule has 0 aromatic carbocycles. The molecule has 0 saturated heterocycles. The molecule has 1 aromatic rings. The topological polar surface area (TPSA) is 55.1 Å². The maximum atomic E-state index is 11.9. The summed E-state index contributed by atoms with van der Waals surface area (Å²) in [4.78, 5) is 11.9. The lowest BCUT2D eigenvalue weighted by Gasteiger charge is -2.20. The van der Waals surface area contributed by atoms with Crippen molar-refractivity contribution >= 4 is 11.7 Å². The van der Waals surface area contributed by atoms with Crippen LogP contribution in [0.1, 0.15) is 65.1 Å². The van der Waals surface area contributed by atoms with Crippen molar-refractivity contribution in [2.24, 2.45) is 5.92 Å². The van der Waals surface area contributed by atoms with Crippen molar-refractivity contribution in [2.75, 3.05) is 5.32 Å². The molecule has 0 bridgehead atoms. The van der Waals surface area contributed by atoms with Gasteiger partial charge >= 0.3 is 0 Å². The Morgan fingerprint density at radius 2 is 2.05 bits per heavy atom. The van der Waals surface area contributed by atoms with Crippen LogP contribution in [0.4, 0.5) is 5.82 Å². The number of aromatic nitrogens is 1. The van der Waals surface area contributed by atoms with Crippen LogP contribution in [0.5, 0.6) is 0 Å². The number of carbonyl (C=O) groups excluding carboxylic acids is 1. The Labute approximate surface area is 114 Å². The van der Waals surface area contributed by atoms with Crippen LogP contribution in [-0.2, 0) is 10.2 Å². The molecule has 1 heterocycles. The van der Waals surface area contributed by atoms with E-state index in [1.807, 2.05) is 6.07 Å². The highest BCUT2D eigenvalue weighted by Gasteiger charge is 2.21. The SMILES string of the molecule is CC(C)(C)c1cc(NC(=O)CC2CCCCC2)no1. The minimum absolute atomic E-state index is 0.0562. The van der Waals surface area contributed by atoms with Crippen LogP contribution in [0.3, 0.4) is 0 Å². The van der Waals surface area contributed by atoms with Crippen LogP contribution in [-0.4, -0.2) is 11.1 Å². The van der Waals surface area contributed by atoms with Gasteiger partial charge in [-0.25, -0.2) is 0 Å². The van der Waals surface area contributed by atoms with Crippen molar-refractivity contribution in [2.45, 2.75) is 64.7 Å². The molecule has 19 heavy (non-hydrogen) atoms. The number of hydrogen-bond acceptors (Lipinski definition) is 3. The first-order valence-corrected chi connectivity index (χ1v) is 7.22. The van der Waals surface area contributed by atoms with E-state index < -0.39 is 0 Å². The molecule has 1 aromatic heterocycles. The van der Waals surface area contributed by atoms with Crippen molar-refractivity contribution in [3.05, 3.63) is 11.8 Å². The molecule has 1 fully saturated rings. The summed E-state index contributed by atoms with van der Waals surface area (Å²) in [7, 11) is 0. The smallest absolute Gasteiger partial charge is 0.225 e. The number of nitrogens with zero attached hydrogens (tertiary/aromatic N) is 1. The summed E-state index contributed by atoms with van der Waals surface area (Å²) >= 11 is 0. The predicted molar refractivity (Wildman–Crippen MR) is 75.0 cm³/mol. The summed E-state index contributed by atoms with van der Waals surface area (Å²) in [5, 5.41) is 6.75. The number of amides is 1. The second-order valence-electron chi connectivity index (χ2n) is 6.58. The van der Waals surface area contributed by atoms with Gasteiger partial charge in [0.25, 0.3) is 0 Å². The van der Waals surface area contributed by atoms with Gasteiger partial charge in [-0.2, -0.15) is 0 Å². The Bertz CT molecular complexity index is 426. The van der Waals surface area contributed by atoms with Crippen LogP contribution < -0.4 is 5.32 Å².